The van der Waals surface area contributed by atoms with E-state index in [0.717, 1.165) is 13.0 Å². The summed E-state index contributed by atoms with van der Waals surface area (Å²) in [4.78, 5) is 0. The summed E-state index contributed by atoms with van der Waals surface area (Å²) in [6.07, 6.45) is 0.931. The van der Waals surface area contributed by atoms with Gasteiger partial charge in [-0.2, -0.15) is 0 Å². The second-order valence-corrected chi connectivity index (χ2v) is 1.56. The molecule has 2 heteroatoms. The second kappa shape index (κ2) is 1.58. The minimum absolute atomic E-state index is 0.0741. The third-order valence-electron chi connectivity index (χ3n) is 0.930. The van der Waals surface area contributed by atoms with Crippen molar-refractivity contribution in [1.82, 2.24) is 5.73 Å². The number of hydrogen-bond acceptors (Lipinski definition) is 1. The van der Waals surface area contributed by atoms with E-state index in [0.29, 0.717) is 6.61 Å². The standard InChI is InChI=1S/C4H8NO/c5-4-1-2-6-3-4/h4-5H,1-3H2/t4-/m0/s1. The van der Waals surface area contributed by atoms with Crippen molar-refractivity contribution in [1.29, 1.82) is 0 Å². The molecule has 1 N–H and O–H groups in total. The molecule has 0 aromatic carbocycles. The highest BCUT2D eigenvalue weighted by molar-refractivity contribution is 4.63. The number of hydrogen-bond donors (Lipinski definition) is 0. The van der Waals surface area contributed by atoms with Gasteiger partial charge in [0.15, 0.2) is 0 Å². The zero-order valence-corrected chi connectivity index (χ0v) is 3.61. The first-order valence-corrected chi connectivity index (χ1v) is 2.18. The highest BCUT2D eigenvalue weighted by Gasteiger charge is 2.08. The van der Waals surface area contributed by atoms with E-state index in [4.69, 9.17) is 10.5 Å². The Hall–Kier alpha value is -0.0800. The van der Waals surface area contributed by atoms with Gasteiger partial charge >= 0.3 is 0 Å². The van der Waals surface area contributed by atoms with Gasteiger partial charge in [-0.05, 0) is 6.42 Å². The minimum Gasteiger partial charge on any atom is -0.380 e. The van der Waals surface area contributed by atoms with Gasteiger partial charge in [-0.3, -0.25) is 5.73 Å². The smallest absolute Gasteiger partial charge is 0.0634 e. The van der Waals surface area contributed by atoms with Gasteiger partial charge in [0.2, 0.25) is 0 Å². The molecule has 0 aliphatic carbocycles. The summed E-state index contributed by atoms with van der Waals surface area (Å²) in [6.45, 7) is 1.45. The van der Waals surface area contributed by atoms with Crippen LogP contribution in [0.4, 0.5) is 0 Å². The summed E-state index contributed by atoms with van der Waals surface area (Å²) in [5.41, 5.74) is 7.01. The maximum atomic E-state index is 7.01. The third kappa shape index (κ3) is 0.698. The molecule has 0 saturated carbocycles. The molecular weight excluding hydrogens is 78.0 g/mol. The lowest BCUT2D eigenvalue weighted by molar-refractivity contribution is 0.193. The van der Waals surface area contributed by atoms with Crippen LogP contribution in [0, 0.1) is 0 Å². The van der Waals surface area contributed by atoms with Crippen LogP contribution in [0.2, 0.25) is 0 Å². The van der Waals surface area contributed by atoms with Crippen LogP contribution in [-0.4, -0.2) is 19.3 Å². The van der Waals surface area contributed by atoms with Gasteiger partial charge < -0.3 is 4.74 Å². The fourth-order valence-corrected chi connectivity index (χ4v) is 0.535. The van der Waals surface area contributed by atoms with Crippen LogP contribution in [0.5, 0.6) is 0 Å². The van der Waals surface area contributed by atoms with Crippen molar-refractivity contribution in [3.05, 3.63) is 0 Å². The Labute approximate surface area is 37.3 Å². The second-order valence-electron chi connectivity index (χ2n) is 1.56. The van der Waals surface area contributed by atoms with Crippen LogP contribution in [0.15, 0.2) is 0 Å². The zero-order chi connectivity index (χ0) is 4.41. The molecule has 1 atom stereocenters. The average Bonchev–Trinajstić information content (AvgIpc) is 1.86. The van der Waals surface area contributed by atoms with Crippen molar-refractivity contribution >= 4 is 0 Å². The molecule has 1 radical (unpaired) electrons. The van der Waals surface area contributed by atoms with E-state index in [1.54, 1.807) is 0 Å². The summed E-state index contributed by atoms with van der Waals surface area (Å²) >= 11 is 0. The summed E-state index contributed by atoms with van der Waals surface area (Å²) in [6, 6.07) is 0.0741. The van der Waals surface area contributed by atoms with Crippen molar-refractivity contribution < 1.29 is 4.74 Å². The summed E-state index contributed by atoms with van der Waals surface area (Å²) in [5.74, 6) is 0. The van der Waals surface area contributed by atoms with E-state index in [-0.39, 0.29) is 6.04 Å². The monoisotopic (exact) mass is 86.1 g/mol. The van der Waals surface area contributed by atoms with Gasteiger partial charge in [-0.15, -0.1) is 0 Å². The van der Waals surface area contributed by atoms with Gasteiger partial charge in [0.25, 0.3) is 0 Å². The summed E-state index contributed by atoms with van der Waals surface area (Å²) < 4.78 is 4.87. The first-order chi connectivity index (χ1) is 2.89. The molecule has 1 aliphatic heterocycles. The molecule has 1 heterocycles. The van der Waals surface area contributed by atoms with Crippen LogP contribution >= 0.6 is 0 Å². The van der Waals surface area contributed by atoms with Crippen LogP contribution in [0.3, 0.4) is 0 Å². The number of ether oxygens (including phenoxy) is 1. The Bertz CT molecular complexity index is 40.8. The van der Waals surface area contributed by atoms with Crippen LogP contribution in [-0.2, 0) is 4.74 Å². The Kier molecular flexibility index (Phi) is 1.08. The average molecular weight is 86.1 g/mol. The van der Waals surface area contributed by atoms with Gasteiger partial charge in [-0.25, -0.2) is 0 Å². The maximum Gasteiger partial charge on any atom is 0.0634 e. The molecule has 2 nitrogen and oxygen atoms in total. The molecule has 1 aliphatic rings. The lowest BCUT2D eigenvalue weighted by Crippen LogP contribution is -2.05. The van der Waals surface area contributed by atoms with Gasteiger partial charge in [0.1, 0.15) is 0 Å². The fourth-order valence-electron chi connectivity index (χ4n) is 0.535. The fraction of sp³-hybridized carbons (Fsp3) is 1.00. The van der Waals surface area contributed by atoms with Crippen LogP contribution in [0.1, 0.15) is 6.42 Å². The molecule has 1 saturated heterocycles. The molecule has 0 aromatic heterocycles. The molecule has 6 heavy (non-hydrogen) atoms. The lowest BCUT2D eigenvalue weighted by Gasteiger charge is -1.88. The quantitative estimate of drug-likeness (QED) is 0.410. The first kappa shape index (κ1) is 4.09. The molecule has 0 amide bonds. The predicted octanol–water partition coefficient (Wildman–Crippen LogP) is 0.0582. The Morgan fingerprint density at radius 2 is 2.50 bits per heavy atom. The Morgan fingerprint density at radius 3 is 2.67 bits per heavy atom. The molecule has 0 bridgehead atoms. The SMILES string of the molecule is [NH][C@H]1CCOC1. The van der Waals surface area contributed by atoms with Crippen LogP contribution in [0.25, 0.3) is 0 Å². The van der Waals surface area contributed by atoms with E-state index >= 15 is 0 Å². The molecule has 0 aromatic rings. The Morgan fingerprint density at radius 1 is 1.67 bits per heavy atom. The van der Waals surface area contributed by atoms with E-state index in [2.05, 4.69) is 0 Å². The van der Waals surface area contributed by atoms with Crippen molar-refractivity contribution in [2.24, 2.45) is 0 Å². The summed E-state index contributed by atoms with van der Waals surface area (Å²) in [7, 11) is 0. The van der Waals surface area contributed by atoms with E-state index < -0.39 is 0 Å². The number of nitrogens with one attached hydrogen (secondary N) is 1. The highest BCUT2D eigenvalue weighted by atomic mass is 16.5. The zero-order valence-electron chi connectivity index (χ0n) is 3.61. The molecule has 1 rings (SSSR count). The van der Waals surface area contributed by atoms with E-state index in [1.807, 2.05) is 0 Å². The molecular formula is C4H8NO. The van der Waals surface area contributed by atoms with Crippen molar-refractivity contribution in [3.8, 4) is 0 Å². The maximum absolute atomic E-state index is 7.01. The normalized spacial score (nSPS) is 34.5. The van der Waals surface area contributed by atoms with Gasteiger partial charge in [0, 0.05) is 12.6 Å². The Balaban J connectivity index is 2.18. The van der Waals surface area contributed by atoms with Gasteiger partial charge in [0.05, 0.1) is 6.61 Å². The predicted molar refractivity (Wildman–Crippen MR) is 22.3 cm³/mol. The topological polar surface area (TPSA) is 33.0 Å². The first-order valence-electron chi connectivity index (χ1n) is 2.18. The third-order valence-corrected chi connectivity index (χ3v) is 0.930. The van der Waals surface area contributed by atoms with Gasteiger partial charge in [-0.1, -0.05) is 0 Å². The molecule has 0 unspecified atom stereocenters. The highest BCUT2D eigenvalue weighted by Crippen LogP contribution is 1.99. The molecule has 1 fully saturated rings. The lowest BCUT2D eigenvalue weighted by atomic mass is 10.3. The van der Waals surface area contributed by atoms with Crippen molar-refractivity contribution in [2.75, 3.05) is 13.2 Å². The number of rotatable bonds is 0. The molecule has 35 valence electrons. The van der Waals surface area contributed by atoms with E-state index in [1.165, 1.54) is 0 Å². The van der Waals surface area contributed by atoms with Crippen molar-refractivity contribution in [3.63, 3.8) is 0 Å². The van der Waals surface area contributed by atoms with Crippen LogP contribution < -0.4 is 5.73 Å². The van der Waals surface area contributed by atoms with E-state index in [9.17, 15) is 0 Å². The summed E-state index contributed by atoms with van der Waals surface area (Å²) in [5, 5.41) is 0. The minimum atomic E-state index is 0.0741. The molecule has 0 spiro atoms. The van der Waals surface area contributed by atoms with Crippen molar-refractivity contribution in [2.45, 2.75) is 12.5 Å². The largest absolute Gasteiger partial charge is 0.380 e.